The van der Waals surface area contributed by atoms with Crippen LogP contribution in [0.1, 0.15) is 5.82 Å². The molecule has 6 nitrogen and oxygen atoms in total. The average Bonchev–Trinajstić information content (AvgIpc) is 2.87. The van der Waals surface area contributed by atoms with Crippen molar-refractivity contribution in [2.45, 2.75) is 12.1 Å². The summed E-state index contributed by atoms with van der Waals surface area (Å²) < 4.78 is 0. The van der Waals surface area contributed by atoms with Crippen molar-refractivity contribution >= 4 is 34.1 Å². The Bertz CT molecular complexity index is 466. The minimum absolute atomic E-state index is 0.109. The monoisotopic (exact) mass is 255 g/mol. The van der Waals surface area contributed by atoms with Gasteiger partial charge in [0.15, 0.2) is 5.13 Å². The van der Waals surface area contributed by atoms with E-state index in [0.717, 1.165) is 5.82 Å². The normalized spacial score (nSPS) is 10.3. The molecule has 0 aliphatic carbocycles. The van der Waals surface area contributed by atoms with Gasteiger partial charge in [0.2, 0.25) is 11.1 Å². The first kappa shape index (κ1) is 11.1. The third kappa shape index (κ3) is 3.04. The van der Waals surface area contributed by atoms with Crippen LogP contribution in [0.15, 0.2) is 16.7 Å². The molecule has 2 rings (SSSR count). The molecule has 2 aromatic rings. The zero-order valence-electron chi connectivity index (χ0n) is 8.43. The van der Waals surface area contributed by atoms with Crippen LogP contribution in [0, 0.1) is 6.92 Å². The number of hydrogen-bond acceptors (Lipinski definition) is 6. The van der Waals surface area contributed by atoms with Crippen molar-refractivity contribution in [2.24, 2.45) is 0 Å². The number of aromatic nitrogens is 4. The van der Waals surface area contributed by atoms with Gasteiger partial charge in [0, 0.05) is 11.6 Å². The lowest BCUT2D eigenvalue weighted by Gasteiger charge is -1.98. The second kappa shape index (κ2) is 5.08. The van der Waals surface area contributed by atoms with Gasteiger partial charge in [0.05, 0.1) is 5.75 Å². The predicted molar refractivity (Wildman–Crippen MR) is 62.6 cm³/mol. The third-order valence-electron chi connectivity index (χ3n) is 1.59. The Hall–Kier alpha value is -1.41. The molecule has 0 saturated heterocycles. The summed E-state index contributed by atoms with van der Waals surface area (Å²) in [6, 6.07) is 0. The maximum Gasteiger partial charge on any atom is 0.236 e. The Balaban J connectivity index is 1.80. The molecule has 0 atom stereocenters. The molecule has 0 aliphatic rings. The molecule has 2 aromatic heterocycles. The highest BCUT2D eigenvalue weighted by Gasteiger charge is 2.07. The average molecular weight is 255 g/mol. The number of H-pyrrole nitrogens is 1. The standard InChI is InChI=1S/C8H9N5OS2/c1-5-10-8(13-12-5)16-4-6(14)11-7-9-2-3-15-7/h2-3H,4H2,1H3,(H,9,11,14)(H,10,12,13). The van der Waals surface area contributed by atoms with Crippen molar-refractivity contribution in [1.82, 2.24) is 20.2 Å². The molecule has 2 heterocycles. The van der Waals surface area contributed by atoms with E-state index in [4.69, 9.17) is 0 Å². The van der Waals surface area contributed by atoms with E-state index in [1.807, 2.05) is 6.92 Å². The number of hydrogen-bond donors (Lipinski definition) is 2. The molecule has 0 spiro atoms. The van der Waals surface area contributed by atoms with E-state index in [0.29, 0.717) is 10.3 Å². The summed E-state index contributed by atoms with van der Waals surface area (Å²) in [4.78, 5) is 19.5. The molecule has 0 radical (unpaired) electrons. The molecule has 0 unspecified atom stereocenters. The second-order valence-corrected chi connectivity index (χ2v) is 4.71. The van der Waals surface area contributed by atoms with E-state index in [2.05, 4.69) is 25.5 Å². The summed E-state index contributed by atoms with van der Waals surface area (Å²) in [5, 5.41) is 12.3. The molecule has 0 bridgehead atoms. The molecular formula is C8H9N5OS2. The first-order valence-corrected chi connectivity index (χ1v) is 6.32. The number of carbonyl (C=O) groups excluding carboxylic acids is 1. The highest BCUT2D eigenvalue weighted by Crippen LogP contribution is 2.14. The van der Waals surface area contributed by atoms with Gasteiger partial charge < -0.3 is 5.32 Å². The van der Waals surface area contributed by atoms with E-state index >= 15 is 0 Å². The number of carbonyl (C=O) groups is 1. The van der Waals surface area contributed by atoms with Crippen LogP contribution in [0.3, 0.4) is 0 Å². The van der Waals surface area contributed by atoms with E-state index in [1.54, 1.807) is 11.6 Å². The van der Waals surface area contributed by atoms with Gasteiger partial charge in [-0.05, 0) is 6.92 Å². The molecular weight excluding hydrogens is 246 g/mol. The maximum absolute atomic E-state index is 11.5. The van der Waals surface area contributed by atoms with Crippen LogP contribution >= 0.6 is 23.1 Å². The SMILES string of the molecule is Cc1nc(SCC(=O)Nc2nccs2)n[nH]1. The lowest BCUT2D eigenvalue weighted by Crippen LogP contribution is -2.13. The summed E-state index contributed by atoms with van der Waals surface area (Å²) in [6.45, 7) is 1.81. The number of amides is 1. The second-order valence-electron chi connectivity index (χ2n) is 2.88. The number of anilines is 1. The highest BCUT2D eigenvalue weighted by molar-refractivity contribution is 7.99. The topological polar surface area (TPSA) is 83.6 Å². The van der Waals surface area contributed by atoms with Crippen molar-refractivity contribution in [3.05, 3.63) is 17.4 Å². The quantitative estimate of drug-likeness (QED) is 0.804. The number of aromatic amines is 1. The van der Waals surface area contributed by atoms with Gasteiger partial charge in [-0.1, -0.05) is 11.8 Å². The van der Waals surface area contributed by atoms with Crippen LogP contribution in [0.4, 0.5) is 5.13 Å². The molecule has 2 N–H and O–H groups in total. The van der Waals surface area contributed by atoms with Crippen LogP contribution in [-0.4, -0.2) is 31.8 Å². The number of nitrogens with zero attached hydrogens (tertiary/aromatic N) is 3. The summed E-state index contributed by atoms with van der Waals surface area (Å²) in [5.41, 5.74) is 0. The Morgan fingerprint density at radius 1 is 1.69 bits per heavy atom. The van der Waals surface area contributed by atoms with Crippen LogP contribution in [-0.2, 0) is 4.79 Å². The number of thiazole rings is 1. The summed E-state index contributed by atoms with van der Waals surface area (Å²) in [6.07, 6.45) is 1.64. The van der Waals surface area contributed by atoms with Gasteiger partial charge in [-0.15, -0.1) is 16.4 Å². The molecule has 0 fully saturated rings. The van der Waals surface area contributed by atoms with Crippen LogP contribution in [0.25, 0.3) is 0 Å². The Morgan fingerprint density at radius 3 is 3.19 bits per heavy atom. The van der Waals surface area contributed by atoms with Crippen molar-refractivity contribution in [3.8, 4) is 0 Å². The minimum atomic E-state index is -0.109. The van der Waals surface area contributed by atoms with Crippen molar-refractivity contribution in [1.29, 1.82) is 0 Å². The zero-order valence-corrected chi connectivity index (χ0v) is 10.1. The highest BCUT2D eigenvalue weighted by atomic mass is 32.2. The van der Waals surface area contributed by atoms with Crippen molar-refractivity contribution in [2.75, 3.05) is 11.1 Å². The molecule has 0 aliphatic heterocycles. The predicted octanol–water partition coefficient (Wildman–Crippen LogP) is 1.30. The molecule has 0 saturated carbocycles. The van der Waals surface area contributed by atoms with E-state index in [1.165, 1.54) is 23.1 Å². The number of rotatable bonds is 4. The van der Waals surface area contributed by atoms with Crippen molar-refractivity contribution < 1.29 is 4.79 Å². The van der Waals surface area contributed by atoms with Gasteiger partial charge in [0.1, 0.15) is 5.82 Å². The molecule has 16 heavy (non-hydrogen) atoms. The fourth-order valence-corrected chi connectivity index (χ4v) is 2.15. The van der Waals surface area contributed by atoms with Crippen LogP contribution in [0.5, 0.6) is 0 Å². The smallest absolute Gasteiger partial charge is 0.236 e. The molecule has 0 aromatic carbocycles. The Kier molecular flexibility index (Phi) is 3.52. The fraction of sp³-hybridized carbons (Fsp3) is 0.250. The largest absolute Gasteiger partial charge is 0.301 e. The molecule has 8 heteroatoms. The summed E-state index contributed by atoms with van der Waals surface area (Å²) >= 11 is 2.67. The lowest BCUT2D eigenvalue weighted by atomic mass is 10.7. The minimum Gasteiger partial charge on any atom is -0.301 e. The van der Waals surface area contributed by atoms with Gasteiger partial charge in [-0.25, -0.2) is 9.97 Å². The van der Waals surface area contributed by atoms with E-state index < -0.39 is 0 Å². The van der Waals surface area contributed by atoms with Crippen LogP contribution < -0.4 is 5.32 Å². The van der Waals surface area contributed by atoms with E-state index in [9.17, 15) is 4.79 Å². The number of aryl methyl sites for hydroxylation is 1. The molecule has 84 valence electrons. The summed E-state index contributed by atoms with van der Waals surface area (Å²) in [5.74, 6) is 0.905. The first-order chi connectivity index (χ1) is 7.74. The van der Waals surface area contributed by atoms with Gasteiger partial charge >= 0.3 is 0 Å². The summed E-state index contributed by atoms with van der Waals surface area (Å²) in [7, 11) is 0. The first-order valence-electron chi connectivity index (χ1n) is 4.45. The van der Waals surface area contributed by atoms with Gasteiger partial charge in [-0.3, -0.25) is 9.89 Å². The Labute approximate surface area is 99.9 Å². The molecule has 1 amide bonds. The number of nitrogens with one attached hydrogen (secondary N) is 2. The van der Waals surface area contributed by atoms with Gasteiger partial charge in [0.25, 0.3) is 0 Å². The maximum atomic E-state index is 11.5. The van der Waals surface area contributed by atoms with Gasteiger partial charge in [-0.2, -0.15) is 0 Å². The zero-order chi connectivity index (χ0) is 11.4. The third-order valence-corrected chi connectivity index (χ3v) is 3.12. The van der Waals surface area contributed by atoms with Crippen molar-refractivity contribution in [3.63, 3.8) is 0 Å². The van der Waals surface area contributed by atoms with Crippen LogP contribution in [0.2, 0.25) is 0 Å². The fourth-order valence-electron chi connectivity index (χ4n) is 0.957. The number of thioether (sulfide) groups is 1. The van der Waals surface area contributed by atoms with E-state index in [-0.39, 0.29) is 11.7 Å². The Morgan fingerprint density at radius 2 is 2.56 bits per heavy atom. The lowest BCUT2D eigenvalue weighted by molar-refractivity contribution is -0.113.